The fourth-order valence-corrected chi connectivity index (χ4v) is 3.88. The predicted molar refractivity (Wildman–Crippen MR) is 148 cm³/mol. The molecule has 2 saturated heterocycles. The SMILES string of the molecule is O=C1NC(=S)NC(=O)C1=Cc1ccccc1OCCOCCOc1ccccc1C=C1C(=O)NC(=S)NC1=O. The summed E-state index contributed by atoms with van der Waals surface area (Å²) < 4.78 is 17.1. The second kappa shape index (κ2) is 12.9. The third kappa shape index (κ3) is 7.31. The molecule has 2 heterocycles. The lowest BCUT2D eigenvalue weighted by molar-refractivity contribution is -0.124. The molecule has 0 saturated carbocycles. The average molecular weight is 567 g/mol. The van der Waals surface area contributed by atoms with E-state index in [1.165, 1.54) is 12.2 Å². The van der Waals surface area contributed by atoms with Crippen LogP contribution in [0.1, 0.15) is 11.1 Å². The largest absolute Gasteiger partial charge is 0.491 e. The van der Waals surface area contributed by atoms with Gasteiger partial charge < -0.3 is 14.2 Å². The quantitative estimate of drug-likeness (QED) is 0.143. The van der Waals surface area contributed by atoms with Gasteiger partial charge in [-0.25, -0.2) is 0 Å². The van der Waals surface area contributed by atoms with Crippen LogP contribution in [0.25, 0.3) is 12.2 Å². The summed E-state index contributed by atoms with van der Waals surface area (Å²) in [4.78, 5) is 48.4. The summed E-state index contributed by atoms with van der Waals surface area (Å²) in [7, 11) is 0. The molecule has 2 aromatic carbocycles. The van der Waals surface area contributed by atoms with Crippen molar-refractivity contribution in [2.45, 2.75) is 0 Å². The number of hydrogen-bond donors (Lipinski definition) is 4. The second-order valence-corrected chi connectivity index (χ2v) is 8.79. The maximum absolute atomic E-state index is 12.1. The van der Waals surface area contributed by atoms with E-state index in [0.29, 0.717) is 22.6 Å². The van der Waals surface area contributed by atoms with E-state index in [9.17, 15) is 19.2 Å². The Hall–Kier alpha value is -4.46. The van der Waals surface area contributed by atoms with Gasteiger partial charge in [0.2, 0.25) is 0 Å². The number of ether oxygens (including phenoxy) is 3. The first-order valence-corrected chi connectivity index (χ1v) is 12.4. The van der Waals surface area contributed by atoms with Crippen LogP contribution in [0.5, 0.6) is 11.5 Å². The maximum Gasteiger partial charge on any atom is 0.263 e. The molecule has 4 N–H and O–H groups in total. The van der Waals surface area contributed by atoms with Gasteiger partial charge in [0.15, 0.2) is 10.2 Å². The molecule has 0 bridgehead atoms. The second-order valence-electron chi connectivity index (χ2n) is 7.98. The van der Waals surface area contributed by atoms with E-state index in [1.54, 1.807) is 48.5 Å². The number of hydrogen-bond acceptors (Lipinski definition) is 9. The molecule has 2 aromatic rings. The van der Waals surface area contributed by atoms with Crippen molar-refractivity contribution in [2.75, 3.05) is 26.4 Å². The fraction of sp³-hybridized carbons (Fsp3) is 0.154. The molecule has 11 nitrogen and oxygen atoms in total. The van der Waals surface area contributed by atoms with Crippen molar-refractivity contribution < 1.29 is 33.4 Å². The van der Waals surface area contributed by atoms with Crippen LogP contribution in [0.3, 0.4) is 0 Å². The van der Waals surface area contributed by atoms with Crippen LogP contribution >= 0.6 is 24.4 Å². The highest BCUT2D eigenvalue weighted by Gasteiger charge is 2.27. The van der Waals surface area contributed by atoms with E-state index in [1.807, 2.05) is 0 Å². The maximum atomic E-state index is 12.1. The van der Waals surface area contributed by atoms with Crippen LogP contribution in [0, 0.1) is 0 Å². The number of nitrogens with one attached hydrogen (secondary N) is 4. The van der Waals surface area contributed by atoms with Crippen molar-refractivity contribution in [3.8, 4) is 11.5 Å². The minimum absolute atomic E-state index is 0.0394. The van der Waals surface area contributed by atoms with Crippen molar-refractivity contribution in [1.82, 2.24) is 21.3 Å². The Morgan fingerprint density at radius 2 is 0.923 bits per heavy atom. The van der Waals surface area contributed by atoms with Crippen molar-refractivity contribution >= 4 is 70.4 Å². The molecule has 2 fully saturated rings. The van der Waals surface area contributed by atoms with Gasteiger partial charge in [-0.1, -0.05) is 36.4 Å². The van der Waals surface area contributed by atoms with Gasteiger partial charge in [0, 0.05) is 11.1 Å². The summed E-state index contributed by atoms with van der Waals surface area (Å²) in [6.45, 7) is 0.903. The van der Waals surface area contributed by atoms with Gasteiger partial charge in [-0.05, 0) is 48.7 Å². The normalized spacial score (nSPS) is 15.2. The van der Waals surface area contributed by atoms with Crippen LogP contribution < -0.4 is 30.7 Å². The highest BCUT2D eigenvalue weighted by Crippen LogP contribution is 2.23. The van der Waals surface area contributed by atoms with Crippen molar-refractivity contribution in [3.05, 3.63) is 70.8 Å². The van der Waals surface area contributed by atoms with E-state index in [0.717, 1.165) is 0 Å². The summed E-state index contributed by atoms with van der Waals surface area (Å²) in [5, 5.41) is 9.48. The third-order valence-electron chi connectivity index (χ3n) is 5.29. The molecule has 4 rings (SSSR count). The average Bonchev–Trinajstić information content (AvgIpc) is 2.89. The topological polar surface area (TPSA) is 144 Å². The summed E-state index contributed by atoms with van der Waals surface area (Å²) in [5.74, 6) is -1.42. The molecule has 13 heteroatoms. The van der Waals surface area contributed by atoms with Crippen molar-refractivity contribution in [3.63, 3.8) is 0 Å². The number of amides is 4. The smallest absolute Gasteiger partial charge is 0.263 e. The van der Waals surface area contributed by atoms with Gasteiger partial charge >= 0.3 is 0 Å². The molecule has 0 aromatic heterocycles. The Balaban J connectivity index is 1.26. The molecule has 39 heavy (non-hydrogen) atoms. The van der Waals surface area contributed by atoms with Crippen LogP contribution in [0.4, 0.5) is 0 Å². The van der Waals surface area contributed by atoms with Gasteiger partial charge in [0.05, 0.1) is 13.2 Å². The first-order valence-electron chi connectivity index (χ1n) is 11.6. The highest BCUT2D eigenvalue weighted by atomic mass is 32.1. The van der Waals surface area contributed by atoms with Crippen LogP contribution in [-0.4, -0.2) is 60.3 Å². The number of para-hydroxylation sites is 2. The van der Waals surface area contributed by atoms with Crippen LogP contribution in [0.2, 0.25) is 0 Å². The first kappa shape index (κ1) is 27.6. The van der Waals surface area contributed by atoms with Crippen LogP contribution in [0.15, 0.2) is 59.7 Å². The molecular formula is C26H22N4O7S2. The summed E-state index contributed by atoms with van der Waals surface area (Å²) in [6, 6.07) is 13.9. The minimum Gasteiger partial charge on any atom is -0.491 e. The summed E-state index contributed by atoms with van der Waals surface area (Å²) in [5.41, 5.74) is 0.915. The van der Waals surface area contributed by atoms with Gasteiger partial charge in [-0.2, -0.15) is 0 Å². The zero-order valence-electron chi connectivity index (χ0n) is 20.3. The molecule has 2 aliphatic heterocycles. The Labute approximate surface area is 233 Å². The third-order valence-corrected chi connectivity index (χ3v) is 5.70. The Morgan fingerprint density at radius 3 is 1.31 bits per heavy atom. The molecule has 2 aliphatic rings. The predicted octanol–water partition coefficient (Wildman–Crippen LogP) is 0.990. The van der Waals surface area contributed by atoms with E-state index in [-0.39, 0.29) is 47.8 Å². The van der Waals surface area contributed by atoms with Crippen molar-refractivity contribution in [1.29, 1.82) is 0 Å². The Kier molecular flexibility index (Phi) is 9.10. The lowest BCUT2D eigenvalue weighted by Gasteiger charge is -2.17. The van der Waals surface area contributed by atoms with E-state index in [4.69, 9.17) is 38.6 Å². The van der Waals surface area contributed by atoms with Gasteiger partial charge in [-0.15, -0.1) is 0 Å². The lowest BCUT2D eigenvalue weighted by Crippen LogP contribution is -2.51. The van der Waals surface area contributed by atoms with Gasteiger partial charge in [0.1, 0.15) is 35.9 Å². The standard InChI is InChI=1S/C26H22N4O7S2/c31-21-17(22(32)28-25(38)27-21)13-15-5-1-3-7-19(15)36-11-9-35-10-12-37-20-8-4-2-6-16(20)14-18-23(33)29-26(39)30-24(18)34/h1-8,13-14H,9-12H2,(H2,27,28,31,32,38)(H2,29,30,33,34,39). The number of thiocarbonyl (C=S) groups is 2. The Bertz CT molecular complexity index is 1270. The van der Waals surface area contributed by atoms with E-state index < -0.39 is 23.6 Å². The molecule has 0 aliphatic carbocycles. The molecular weight excluding hydrogens is 544 g/mol. The molecule has 4 amide bonds. The zero-order valence-corrected chi connectivity index (χ0v) is 21.9. The highest BCUT2D eigenvalue weighted by molar-refractivity contribution is 7.80. The lowest BCUT2D eigenvalue weighted by atomic mass is 10.1. The summed E-state index contributed by atoms with van der Waals surface area (Å²) in [6.07, 6.45) is 2.86. The molecule has 0 unspecified atom stereocenters. The molecule has 0 spiro atoms. The van der Waals surface area contributed by atoms with Crippen LogP contribution in [-0.2, 0) is 23.9 Å². The molecule has 0 radical (unpaired) electrons. The van der Waals surface area contributed by atoms with E-state index >= 15 is 0 Å². The molecule has 0 atom stereocenters. The Morgan fingerprint density at radius 1 is 0.564 bits per heavy atom. The van der Waals surface area contributed by atoms with Crippen molar-refractivity contribution in [2.24, 2.45) is 0 Å². The van der Waals surface area contributed by atoms with Gasteiger partial charge in [0.25, 0.3) is 23.6 Å². The first-order chi connectivity index (χ1) is 18.8. The zero-order chi connectivity index (χ0) is 27.8. The number of benzene rings is 2. The number of rotatable bonds is 10. The fourth-order valence-electron chi connectivity index (χ4n) is 3.51. The monoisotopic (exact) mass is 566 g/mol. The number of carbonyl (C=O) groups excluding carboxylic acids is 4. The molecule has 200 valence electrons. The van der Waals surface area contributed by atoms with E-state index in [2.05, 4.69) is 21.3 Å². The van der Waals surface area contributed by atoms with Gasteiger partial charge in [-0.3, -0.25) is 40.4 Å². The summed E-state index contributed by atoms with van der Waals surface area (Å²) >= 11 is 9.62. The number of carbonyl (C=O) groups is 4. The minimum atomic E-state index is -0.589.